The van der Waals surface area contributed by atoms with Gasteiger partial charge in [-0.15, -0.1) is 0 Å². The minimum atomic E-state index is -0.462. The summed E-state index contributed by atoms with van der Waals surface area (Å²) in [5.41, 5.74) is 1.67. The number of likely N-dealkylation sites (N-methyl/N-ethyl adjacent to an activating group) is 1. The lowest BCUT2D eigenvalue weighted by molar-refractivity contribution is -0.133. The van der Waals surface area contributed by atoms with Gasteiger partial charge >= 0.3 is 0 Å². The van der Waals surface area contributed by atoms with Gasteiger partial charge in [0.1, 0.15) is 5.82 Å². The maximum Gasteiger partial charge on any atom is 0.245 e. The van der Waals surface area contributed by atoms with Crippen LogP contribution in [0.4, 0.5) is 10.2 Å². The second kappa shape index (κ2) is 8.94. The molecule has 1 N–H and O–H groups in total. The quantitative estimate of drug-likeness (QED) is 0.825. The SMILES string of the molecule is COc1ccc(CCC(=O)N(C)CC(=O)Nc2cc(C)ccn2)cc1F. The number of pyridine rings is 1. The number of aryl methyl sites for hydroxylation is 2. The number of rotatable bonds is 7. The predicted molar refractivity (Wildman–Crippen MR) is 96.5 cm³/mol. The first-order valence-corrected chi connectivity index (χ1v) is 8.18. The van der Waals surface area contributed by atoms with Crippen molar-refractivity contribution in [3.63, 3.8) is 0 Å². The fourth-order valence-electron chi connectivity index (χ4n) is 2.40. The average molecular weight is 359 g/mol. The molecule has 2 rings (SSSR count). The van der Waals surface area contributed by atoms with E-state index in [1.165, 1.54) is 24.1 Å². The molecule has 0 fully saturated rings. The zero-order chi connectivity index (χ0) is 19.1. The van der Waals surface area contributed by atoms with E-state index in [-0.39, 0.29) is 30.5 Å². The molecule has 6 nitrogen and oxygen atoms in total. The van der Waals surface area contributed by atoms with Gasteiger partial charge in [-0.3, -0.25) is 9.59 Å². The van der Waals surface area contributed by atoms with Crippen molar-refractivity contribution in [1.82, 2.24) is 9.88 Å². The molecule has 2 amide bonds. The second-order valence-electron chi connectivity index (χ2n) is 5.99. The third-order valence-corrected chi connectivity index (χ3v) is 3.83. The van der Waals surface area contributed by atoms with Crippen LogP contribution < -0.4 is 10.1 Å². The minimum Gasteiger partial charge on any atom is -0.494 e. The number of anilines is 1. The lowest BCUT2D eigenvalue weighted by Crippen LogP contribution is -2.35. The van der Waals surface area contributed by atoms with Crippen LogP contribution >= 0.6 is 0 Å². The maximum atomic E-state index is 13.7. The normalized spacial score (nSPS) is 10.3. The molecule has 2 aromatic rings. The topological polar surface area (TPSA) is 71.5 Å². The molecule has 26 heavy (non-hydrogen) atoms. The van der Waals surface area contributed by atoms with E-state index < -0.39 is 5.82 Å². The van der Waals surface area contributed by atoms with Gasteiger partial charge in [0.25, 0.3) is 0 Å². The summed E-state index contributed by atoms with van der Waals surface area (Å²) in [6.07, 6.45) is 2.16. The highest BCUT2D eigenvalue weighted by molar-refractivity contribution is 5.93. The van der Waals surface area contributed by atoms with E-state index >= 15 is 0 Å². The van der Waals surface area contributed by atoms with E-state index in [0.717, 1.165) is 5.56 Å². The summed E-state index contributed by atoms with van der Waals surface area (Å²) in [5, 5.41) is 2.66. The van der Waals surface area contributed by atoms with Crippen LogP contribution in [0.1, 0.15) is 17.5 Å². The molecular weight excluding hydrogens is 337 g/mol. The van der Waals surface area contributed by atoms with Gasteiger partial charge in [0.2, 0.25) is 11.8 Å². The fraction of sp³-hybridized carbons (Fsp3) is 0.316. The molecule has 0 atom stereocenters. The molecule has 0 bridgehead atoms. The number of ether oxygens (including phenoxy) is 1. The van der Waals surface area contributed by atoms with Crippen LogP contribution in [-0.2, 0) is 16.0 Å². The van der Waals surface area contributed by atoms with Crippen LogP contribution in [0.25, 0.3) is 0 Å². The summed E-state index contributed by atoms with van der Waals surface area (Å²) >= 11 is 0. The van der Waals surface area contributed by atoms with Crippen LogP contribution in [0.5, 0.6) is 5.75 Å². The number of nitrogens with one attached hydrogen (secondary N) is 1. The van der Waals surface area contributed by atoms with Crippen LogP contribution in [0, 0.1) is 12.7 Å². The van der Waals surface area contributed by atoms with E-state index in [2.05, 4.69) is 10.3 Å². The molecule has 0 aliphatic heterocycles. The molecule has 1 aromatic carbocycles. The van der Waals surface area contributed by atoms with E-state index in [9.17, 15) is 14.0 Å². The van der Waals surface area contributed by atoms with Crippen molar-refractivity contribution in [2.75, 3.05) is 26.0 Å². The highest BCUT2D eigenvalue weighted by Crippen LogP contribution is 2.18. The zero-order valence-electron chi connectivity index (χ0n) is 15.1. The second-order valence-corrected chi connectivity index (χ2v) is 5.99. The summed E-state index contributed by atoms with van der Waals surface area (Å²) < 4.78 is 18.5. The van der Waals surface area contributed by atoms with Gasteiger partial charge in [0.05, 0.1) is 13.7 Å². The van der Waals surface area contributed by atoms with Crippen LogP contribution in [0.15, 0.2) is 36.5 Å². The highest BCUT2D eigenvalue weighted by atomic mass is 19.1. The zero-order valence-corrected chi connectivity index (χ0v) is 15.1. The summed E-state index contributed by atoms with van der Waals surface area (Å²) in [6.45, 7) is 1.82. The number of hydrogen-bond donors (Lipinski definition) is 1. The first kappa shape index (κ1) is 19.4. The monoisotopic (exact) mass is 359 g/mol. The van der Waals surface area contributed by atoms with Gasteiger partial charge in [-0.05, 0) is 48.7 Å². The number of benzene rings is 1. The van der Waals surface area contributed by atoms with Crippen molar-refractivity contribution in [3.05, 3.63) is 53.5 Å². The third kappa shape index (κ3) is 5.54. The highest BCUT2D eigenvalue weighted by Gasteiger charge is 2.14. The van der Waals surface area contributed by atoms with Crippen molar-refractivity contribution in [2.45, 2.75) is 19.8 Å². The first-order valence-electron chi connectivity index (χ1n) is 8.18. The van der Waals surface area contributed by atoms with Crippen LogP contribution in [0.3, 0.4) is 0 Å². The molecule has 0 unspecified atom stereocenters. The summed E-state index contributed by atoms with van der Waals surface area (Å²) in [5.74, 6) is -0.373. The van der Waals surface area contributed by atoms with Crippen molar-refractivity contribution in [3.8, 4) is 5.75 Å². The number of methoxy groups -OCH3 is 1. The Bertz CT molecular complexity index is 795. The minimum absolute atomic E-state index is 0.0779. The average Bonchev–Trinajstić information content (AvgIpc) is 2.59. The Balaban J connectivity index is 1.83. The predicted octanol–water partition coefficient (Wildman–Crippen LogP) is 2.57. The number of aromatic nitrogens is 1. The molecule has 0 saturated heterocycles. The smallest absolute Gasteiger partial charge is 0.245 e. The Morgan fingerprint density at radius 2 is 2.04 bits per heavy atom. The Morgan fingerprint density at radius 1 is 1.27 bits per heavy atom. The van der Waals surface area contributed by atoms with E-state index in [4.69, 9.17) is 4.74 Å². The number of halogens is 1. The molecule has 1 heterocycles. The van der Waals surface area contributed by atoms with E-state index in [1.807, 2.05) is 13.0 Å². The molecule has 0 radical (unpaired) electrons. The maximum absolute atomic E-state index is 13.7. The Hall–Kier alpha value is -2.96. The molecule has 1 aromatic heterocycles. The van der Waals surface area contributed by atoms with Crippen molar-refractivity contribution in [2.24, 2.45) is 0 Å². The van der Waals surface area contributed by atoms with Gasteiger partial charge in [0, 0.05) is 19.7 Å². The lowest BCUT2D eigenvalue weighted by Gasteiger charge is -2.17. The first-order chi connectivity index (χ1) is 12.4. The summed E-state index contributed by atoms with van der Waals surface area (Å²) in [7, 11) is 2.95. The lowest BCUT2D eigenvalue weighted by atomic mass is 10.1. The number of amides is 2. The number of carbonyl (C=O) groups excluding carboxylic acids is 2. The Kier molecular flexibility index (Phi) is 6.66. The molecular formula is C19H22FN3O3. The van der Waals surface area contributed by atoms with Crippen molar-refractivity contribution in [1.29, 1.82) is 0 Å². The van der Waals surface area contributed by atoms with Crippen molar-refractivity contribution < 1.29 is 18.7 Å². The van der Waals surface area contributed by atoms with Gasteiger partial charge < -0.3 is 15.0 Å². The largest absolute Gasteiger partial charge is 0.494 e. The van der Waals surface area contributed by atoms with E-state index in [1.54, 1.807) is 25.4 Å². The Labute approximate surface area is 152 Å². The molecule has 0 aliphatic carbocycles. The van der Waals surface area contributed by atoms with Gasteiger partial charge in [-0.1, -0.05) is 6.07 Å². The number of hydrogen-bond acceptors (Lipinski definition) is 4. The standard InChI is InChI=1S/C19H22FN3O3/c1-13-8-9-21-17(10-13)22-18(24)12-23(2)19(25)7-5-14-4-6-16(26-3)15(20)11-14/h4,6,8-11H,5,7,12H2,1-3H3,(H,21,22,24). The van der Waals surface area contributed by atoms with Gasteiger partial charge in [0.15, 0.2) is 11.6 Å². The van der Waals surface area contributed by atoms with Gasteiger partial charge in [-0.25, -0.2) is 9.37 Å². The molecule has 7 heteroatoms. The van der Waals surface area contributed by atoms with Crippen molar-refractivity contribution >= 4 is 17.6 Å². The number of nitrogens with zero attached hydrogens (tertiary/aromatic N) is 2. The molecule has 0 saturated carbocycles. The molecule has 138 valence electrons. The summed E-state index contributed by atoms with van der Waals surface area (Å²) in [4.78, 5) is 29.6. The van der Waals surface area contributed by atoms with Crippen LogP contribution in [0.2, 0.25) is 0 Å². The molecule has 0 aliphatic rings. The van der Waals surface area contributed by atoms with Crippen LogP contribution in [-0.4, -0.2) is 42.4 Å². The summed E-state index contributed by atoms with van der Waals surface area (Å²) in [6, 6.07) is 8.17. The number of carbonyl (C=O) groups is 2. The van der Waals surface area contributed by atoms with Gasteiger partial charge in [-0.2, -0.15) is 0 Å². The Morgan fingerprint density at radius 3 is 2.69 bits per heavy atom. The van der Waals surface area contributed by atoms with E-state index in [0.29, 0.717) is 17.8 Å². The third-order valence-electron chi connectivity index (χ3n) is 3.83. The fourth-order valence-corrected chi connectivity index (χ4v) is 2.40. The molecule has 0 spiro atoms.